The van der Waals surface area contributed by atoms with Crippen LogP contribution in [0.25, 0.3) is 16.8 Å². The first kappa shape index (κ1) is 30.9. The van der Waals surface area contributed by atoms with Crippen molar-refractivity contribution in [1.29, 1.82) is 0 Å². The molecule has 0 fully saturated rings. The number of nitrogens with zero attached hydrogens (tertiary/aromatic N) is 2. The maximum atomic E-state index is 15.3. The normalized spacial score (nSPS) is 13.1. The lowest BCUT2D eigenvalue weighted by Gasteiger charge is -2.31. The van der Waals surface area contributed by atoms with Crippen LogP contribution in [-0.4, -0.2) is 28.0 Å². The third-order valence-corrected chi connectivity index (χ3v) is 6.30. The zero-order valence-corrected chi connectivity index (χ0v) is 21.2. The zero-order valence-electron chi connectivity index (χ0n) is 19.6. The zero-order chi connectivity index (χ0) is 31.6. The Morgan fingerprint density at radius 1 is 0.905 bits per heavy atom. The van der Waals surface area contributed by atoms with E-state index in [1.165, 1.54) is 5.32 Å². The number of rotatable bonds is 4. The van der Waals surface area contributed by atoms with Gasteiger partial charge in [-0.3, -0.25) is 9.59 Å². The summed E-state index contributed by atoms with van der Waals surface area (Å²) in [6.07, 6.45) is -19.3. The first-order chi connectivity index (χ1) is 19.2. The van der Waals surface area contributed by atoms with Gasteiger partial charge >= 0.3 is 24.2 Å². The quantitative estimate of drug-likeness (QED) is 0.178. The summed E-state index contributed by atoms with van der Waals surface area (Å²) in [6, 6.07) is 3.13. The second-order valence-corrected chi connectivity index (χ2v) is 9.16. The fourth-order valence-electron chi connectivity index (χ4n) is 3.72. The number of nitrogens with one attached hydrogen (secondary N) is 1. The molecule has 1 N–H and O–H groups in total. The van der Waals surface area contributed by atoms with Gasteiger partial charge in [-0.25, -0.2) is 8.78 Å². The highest BCUT2D eigenvalue weighted by Gasteiger charge is 2.73. The van der Waals surface area contributed by atoms with E-state index in [1.807, 2.05) is 0 Å². The van der Waals surface area contributed by atoms with Gasteiger partial charge in [0.25, 0.3) is 17.2 Å². The van der Waals surface area contributed by atoms with Gasteiger partial charge in [0.1, 0.15) is 11.1 Å². The summed E-state index contributed by atoms with van der Waals surface area (Å²) in [5.41, 5.74) is -16.2. The van der Waals surface area contributed by atoms with Gasteiger partial charge in [-0.05, 0) is 52.3 Å². The van der Waals surface area contributed by atoms with Crippen molar-refractivity contribution < 1.29 is 62.0 Å². The Labute approximate surface area is 231 Å². The van der Waals surface area contributed by atoms with E-state index in [0.717, 1.165) is 24.3 Å². The lowest BCUT2D eigenvalue weighted by Crippen LogP contribution is -2.50. The van der Waals surface area contributed by atoms with Gasteiger partial charge in [0.05, 0.1) is 16.8 Å². The SMILES string of the molecule is O=C(Nc1c(Br)cc(C(F)(C(F)(F)F)C(F)(F)F)cc1C(F)(F)F)c1cccc(-n2oc3nc(F)ccc3c2=O)c1F. The average Bonchev–Trinajstić information content (AvgIpc) is 3.17. The number of fused-ring (bicyclic) bond motifs is 1. The number of alkyl halides is 10. The molecule has 2 aromatic heterocycles. The van der Waals surface area contributed by atoms with Crippen LogP contribution in [0.1, 0.15) is 21.5 Å². The van der Waals surface area contributed by atoms with Crippen molar-refractivity contribution in [2.24, 2.45) is 0 Å². The molecule has 0 aliphatic carbocycles. The number of carbonyl (C=O) groups is 1. The molecule has 0 unspecified atom stereocenters. The van der Waals surface area contributed by atoms with E-state index in [9.17, 15) is 57.9 Å². The fourth-order valence-corrected chi connectivity index (χ4v) is 4.28. The molecule has 2 aromatic carbocycles. The highest BCUT2D eigenvalue weighted by atomic mass is 79.9. The van der Waals surface area contributed by atoms with E-state index < -0.39 is 91.7 Å². The van der Waals surface area contributed by atoms with Gasteiger partial charge in [0.2, 0.25) is 5.95 Å². The van der Waals surface area contributed by atoms with E-state index >= 15 is 4.39 Å². The van der Waals surface area contributed by atoms with Crippen LogP contribution in [0, 0.1) is 11.8 Å². The van der Waals surface area contributed by atoms with Crippen molar-refractivity contribution in [3.05, 3.63) is 85.7 Å². The third-order valence-electron chi connectivity index (χ3n) is 5.67. The van der Waals surface area contributed by atoms with Gasteiger partial charge in [-0.1, -0.05) is 6.07 Å². The molecule has 0 aliphatic heterocycles. The molecule has 0 atom stereocenters. The van der Waals surface area contributed by atoms with Gasteiger partial charge in [-0.2, -0.15) is 48.9 Å². The molecule has 0 spiro atoms. The first-order valence-electron chi connectivity index (χ1n) is 10.7. The minimum Gasteiger partial charge on any atom is -0.350 e. The maximum absolute atomic E-state index is 15.3. The summed E-state index contributed by atoms with van der Waals surface area (Å²) >= 11 is 2.31. The lowest BCUT2D eigenvalue weighted by molar-refractivity contribution is -0.348. The number of halogens is 13. The van der Waals surface area contributed by atoms with Crippen LogP contribution in [-0.2, 0) is 11.8 Å². The molecule has 0 aliphatic rings. The number of anilines is 1. The Hall–Kier alpha value is -4.03. The molecule has 4 aromatic rings. The van der Waals surface area contributed by atoms with Crippen LogP contribution in [0.2, 0.25) is 0 Å². The molecule has 4 rings (SSSR count). The Morgan fingerprint density at radius 2 is 1.52 bits per heavy atom. The summed E-state index contributed by atoms with van der Waals surface area (Å²) in [6.45, 7) is 0. The van der Waals surface area contributed by atoms with E-state index in [4.69, 9.17) is 4.52 Å². The lowest BCUT2D eigenvalue weighted by atomic mass is 9.92. The van der Waals surface area contributed by atoms with Gasteiger partial charge in [0.15, 0.2) is 5.82 Å². The highest BCUT2D eigenvalue weighted by molar-refractivity contribution is 9.10. The van der Waals surface area contributed by atoms with E-state index in [-0.39, 0.29) is 16.2 Å². The number of aromatic nitrogens is 2. The Morgan fingerprint density at radius 3 is 2.10 bits per heavy atom. The van der Waals surface area contributed by atoms with Crippen molar-refractivity contribution in [3.63, 3.8) is 0 Å². The van der Waals surface area contributed by atoms with Gasteiger partial charge in [0, 0.05) is 10.0 Å². The molecule has 224 valence electrons. The van der Waals surface area contributed by atoms with Crippen LogP contribution in [0.3, 0.4) is 0 Å². The van der Waals surface area contributed by atoms with E-state index in [2.05, 4.69) is 20.9 Å². The summed E-state index contributed by atoms with van der Waals surface area (Å²) in [7, 11) is 0. The monoisotopic (exact) mass is 681 g/mol. The molecule has 0 bridgehead atoms. The van der Waals surface area contributed by atoms with Crippen LogP contribution in [0.4, 0.5) is 58.4 Å². The second kappa shape index (κ2) is 10.1. The van der Waals surface area contributed by atoms with Crippen LogP contribution >= 0.6 is 15.9 Å². The molecule has 0 saturated carbocycles. The van der Waals surface area contributed by atoms with Crippen LogP contribution < -0.4 is 10.9 Å². The number of hydrogen-bond donors (Lipinski definition) is 1. The minimum absolute atomic E-state index is 0.240. The topological polar surface area (TPSA) is 77.1 Å². The highest BCUT2D eigenvalue weighted by Crippen LogP contribution is 2.55. The van der Waals surface area contributed by atoms with Crippen LogP contribution in [0.5, 0.6) is 0 Å². The second-order valence-electron chi connectivity index (χ2n) is 8.30. The third kappa shape index (κ3) is 5.09. The minimum atomic E-state index is -6.75. The molecule has 19 heteroatoms. The van der Waals surface area contributed by atoms with Crippen molar-refractivity contribution >= 4 is 38.6 Å². The van der Waals surface area contributed by atoms with Gasteiger partial charge in [-0.15, -0.1) is 4.74 Å². The Balaban J connectivity index is 1.82. The number of pyridine rings is 1. The Bertz CT molecular complexity index is 1760. The fraction of sp³-hybridized carbons (Fsp3) is 0.174. The number of benzene rings is 2. The average molecular weight is 682 g/mol. The predicted molar refractivity (Wildman–Crippen MR) is 122 cm³/mol. The summed E-state index contributed by atoms with van der Waals surface area (Å²) in [4.78, 5) is 28.6. The molecule has 6 nitrogen and oxygen atoms in total. The van der Waals surface area contributed by atoms with E-state index in [0.29, 0.717) is 6.07 Å². The van der Waals surface area contributed by atoms with Gasteiger partial charge < -0.3 is 9.84 Å². The molecule has 2 heterocycles. The van der Waals surface area contributed by atoms with Crippen LogP contribution in [0.15, 0.2) is 56.3 Å². The molecular weight excluding hydrogens is 674 g/mol. The largest absolute Gasteiger partial charge is 0.435 e. The molecular formula is C23H8BrF12N3O3. The maximum Gasteiger partial charge on any atom is 0.435 e. The first-order valence-corrected chi connectivity index (χ1v) is 11.5. The standard InChI is InChI=1S/C23H8BrF12N3O3/c24-12-7-8(20(27,22(31,32)33)23(34,35)36)6-11(21(28,29)30)16(12)38-17(40)9-2-1-3-13(15(9)26)39-19(41)10-4-5-14(25)37-18(10)42-39/h1-7H,(H,38,40). The molecule has 1 amide bonds. The number of carbonyl (C=O) groups excluding carboxylic acids is 1. The molecule has 0 saturated heterocycles. The van der Waals surface area contributed by atoms with Crippen molar-refractivity contribution in [1.82, 2.24) is 9.72 Å². The van der Waals surface area contributed by atoms with Crippen molar-refractivity contribution in [2.75, 3.05) is 5.32 Å². The summed E-state index contributed by atoms with van der Waals surface area (Å²) < 4.78 is 167. The summed E-state index contributed by atoms with van der Waals surface area (Å²) in [5, 5.41) is 1.19. The summed E-state index contributed by atoms with van der Waals surface area (Å²) in [5.74, 6) is -4.42. The number of hydrogen-bond acceptors (Lipinski definition) is 4. The van der Waals surface area contributed by atoms with Crippen molar-refractivity contribution in [3.8, 4) is 5.69 Å². The smallest absolute Gasteiger partial charge is 0.350 e. The molecule has 0 radical (unpaired) electrons. The predicted octanol–water partition coefficient (Wildman–Crippen LogP) is 7.58. The van der Waals surface area contributed by atoms with Crippen molar-refractivity contribution in [2.45, 2.75) is 24.2 Å². The number of amides is 1. The van der Waals surface area contributed by atoms with E-state index in [1.54, 1.807) is 0 Å². The molecule has 42 heavy (non-hydrogen) atoms. The Kier molecular flexibility index (Phi) is 7.40.